The third-order valence-corrected chi connectivity index (χ3v) is 2.97. The zero-order chi connectivity index (χ0) is 15.6. The lowest BCUT2D eigenvalue weighted by Crippen LogP contribution is -2.15. The van der Waals surface area contributed by atoms with Gasteiger partial charge in [-0.1, -0.05) is 28.1 Å². The van der Waals surface area contributed by atoms with E-state index in [1.165, 1.54) is 6.92 Å². The molecular formula is C13H9BrF3N3O. The van der Waals surface area contributed by atoms with Crippen LogP contribution in [0.15, 0.2) is 34.8 Å². The monoisotopic (exact) mass is 359 g/mol. The Hall–Kier alpha value is -1.96. The highest BCUT2D eigenvalue weighted by molar-refractivity contribution is 9.10. The van der Waals surface area contributed by atoms with Crippen LogP contribution < -0.4 is 5.32 Å². The van der Waals surface area contributed by atoms with Gasteiger partial charge in [0.25, 0.3) is 0 Å². The molecule has 0 aliphatic heterocycles. The minimum atomic E-state index is -4.62. The molecule has 4 nitrogen and oxygen atoms in total. The fourth-order valence-electron chi connectivity index (χ4n) is 1.57. The maximum Gasteiger partial charge on any atom is 0.433 e. The van der Waals surface area contributed by atoms with Crippen LogP contribution >= 0.6 is 15.9 Å². The molecule has 0 aliphatic carbocycles. The fourth-order valence-corrected chi connectivity index (χ4v) is 1.84. The van der Waals surface area contributed by atoms with E-state index in [2.05, 4.69) is 31.2 Å². The summed E-state index contributed by atoms with van der Waals surface area (Å²) in [5, 5.41) is 2.17. The van der Waals surface area contributed by atoms with Gasteiger partial charge in [-0.15, -0.1) is 0 Å². The number of anilines is 1. The highest BCUT2D eigenvalue weighted by atomic mass is 79.9. The van der Waals surface area contributed by atoms with Crippen LogP contribution in [0.2, 0.25) is 0 Å². The molecule has 8 heteroatoms. The van der Waals surface area contributed by atoms with E-state index in [0.29, 0.717) is 5.56 Å². The van der Waals surface area contributed by atoms with Crippen molar-refractivity contribution in [3.8, 4) is 11.3 Å². The molecular weight excluding hydrogens is 351 g/mol. The molecule has 1 N–H and O–H groups in total. The first kappa shape index (κ1) is 15.4. The number of carbonyl (C=O) groups is 1. The van der Waals surface area contributed by atoms with Crippen molar-refractivity contribution in [3.05, 3.63) is 40.5 Å². The van der Waals surface area contributed by atoms with Crippen molar-refractivity contribution < 1.29 is 18.0 Å². The van der Waals surface area contributed by atoms with E-state index < -0.39 is 17.8 Å². The quantitative estimate of drug-likeness (QED) is 0.884. The number of hydrogen-bond acceptors (Lipinski definition) is 3. The standard InChI is InChI=1S/C13H9BrF3N3O/c1-7(21)18-12-19-10(6-11(20-12)13(15,16)17)8-2-4-9(14)5-3-8/h2-6H,1H3,(H,18,19,20,21). The molecule has 1 aromatic heterocycles. The second-order valence-corrected chi connectivity index (χ2v) is 5.06. The van der Waals surface area contributed by atoms with Crippen molar-refractivity contribution in [3.63, 3.8) is 0 Å². The molecule has 1 amide bonds. The average Bonchev–Trinajstić information content (AvgIpc) is 2.37. The fraction of sp³-hybridized carbons (Fsp3) is 0.154. The molecule has 0 aliphatic rings. The Morgan fingerprint density at radius 2 is 1.81 bits per heavy atom. The Morgan fingerprint density at radius 3 is 2.33 bits per heavy atom. The summed E-state index contributed by atoms with van der Waals surface area (Å²) in [5.41, 5.74) is -0.551. The summed E-state index contributed by atoms with van der Waals surface area (Å²) in [6.45, 7) is 1.17. The Kier molecular flexibility index (Phi) is 4.26. The predicted molar refractivity (Wildman–Crippen MR) is 74.5 cm³/mol. The molecule has 1 heterocycles. The van der Waals surface area contributed by atoms with Crippen LogP contribution in [0.3, 0.4) is 0 Å². The van der Waals surface area contributed by atoms with E-state index in [1.807, 2.05) is 0 Å². The van der Waals surface area contributed by atoms with Gasteiger partial charge in [0, 0.05) is 17.0 Å². The van der Waals surface area contributed by atoms with Crippen LogP contribution in [0.5, 0.6) is 0 Å². The number of nitrogens with one attached hydrogen (secondary N) is 1. The largest absolute Gasteiger partial charge is 0.433 e. The van der Waals surface area contributed by atoms with Gasteiger partial charge >= 0.3 is 6.18 Å². The summed E-state index contributed by atoms with van der Waals surface area (Å²) in [5.74, 6) is -0.925. The summed E-state index contributed by atoms with van der Waals surface area (Å²) in [7, 11) is 0. The Morgan fingerprint density at radius 1 is 1.19 bits per heavy atom. The molecule has 0 saturated carbocycles. The second-order valence-electron chi connectivity index (χ2n) is 4.15. The molecule has 0 unspecified atom stereocenters. The zero-order valence-corrected chi connectivity index (χ0v) is 12.3. The van der Waals surface area contributed by atoms with E-state index in [9.17, 15) is 18.0 Å². The van der Waals surface area contributed by atoms with Gasteiger partial charge in [0.2, 0.25) is 11.9 Å². The summed E-state index contributed by atoms with van der Waals surface area (Å²) < 4.78 is 39.4. The first-order chi connectivity index (χ1) is 9.75. The van der Waals surface area contributed by atoms with Crippen LogP contribution in [0, 0.1) is 0 Å². The minimum Gasteiger partial charge on any atom is -0.295 e. The molecule has 2 aromatic rings. The molecule has 0 bridgehead atoms. The molecule has 0 fully saturated rings. The van der Waals surface area contributed by atoms with Crippen molar-refractivity contribution in [1.29, 1.82) is 0 Å². The lowest BCUT2D eigenvalue weighted by atomic mass is 10.1. The number of nitrogens with zero attached hydrogens (tertiary/aromatic N) is 2. The number of halogens is 4. The maximum atomic E-state index is 12.9. The van der Waals surface area contributed by atoms with Crippen molar-refractivity contribution in [2.75, 3.05) is 5.32 Å². The Bertz CT molecular complexity index is 671. The van der Waals surface area contributed by atoms with E-state index in [4.69, 9.17) is 0 Å². The van der Waals surface area contributed by atoms with Crippen molar-refractivity contribution in [2.24, 2.45) is 0 Å². The van der Waals surface area contributed by atoms with Crippen molar-refractivity contribution in [1.82, 2.24) is 9.97 Å². The van der Waals surface area contributed by atoms with Gasteiger partial charge in [-0.3, -0.25) is 10.1 Å². The van der Waals surface area contributed by atoms with Crippen LogP contribution in [0.4, 0.5) is 19.1 Å². The summed E-state index contributed by atoms with van der Waals surface area (Å²) >= 11 is 3.24. The number of carbonyl (C=O) groups excluding carboxylic acids is 1. The van der Waals surface area contributed by atoms with E-state index >= 15 is 0 Å². The number of amides is 1. The van der Waals surface area contributed by atoms with E-state index in [-0.39, 0.29) is 11.6 Å². The van der Waals surface area contributed by atoms with Crippen LogP contribution in [-0.4, -0.2) is 15.9 Å². The molecule has 2 rings (SSSR count). The highest BCUT2D eigenvalue weighted by Gasteiger charge is 2.33. The smallest absolute Gasteiger partial charge is 0.295 e. The normalized spacial score (nSPS) is 11.3. The number of alkyl halides is 3. The minimum absolute atomic E-state index is 0.0774. The van der Waals surface area contributed by atoms with Crippen molar-refractivity contribution >= 4 is 27.8 Å². The first-order valence-corrected chi connectivity index (χ1v) is 6.55. The SMILES string of the molecule is CC(=O)Nc1nc(-c2ccc(Br)cc2)cc(C(F)(F)F)n1. The Labute approximate surface area is 126 Å². The molecule has 0 saturated heterocycles. The molecule has 0 atom stereocenters. The summed E-state index contributed by atoms with van der Waals surface area (Å²) in [4.78, 5) is 18.2. The van der Waals surface area contributed by atoms with Crippen LogP contribution in [0.1, 0.15) is 12.6 Å². The zero-order valence-electron chi connectivity index (χ0n) is 10.7. The first-order valence-electron chi connectivity index (χ1n) is 5.75. The molecule has 21 heavy (non-hydrogen) atoms. The lowest BCUT2D eigenvalue weighted by molar-refractivity contribution is -0.141. The summed E-state index contributed by atoms with van der Waals surface area (Å²) in [6, 6.07) is 7.44. The van der Waals surface area contributed by atoms with Gasteiger partial charge < -0.3 is 0 Å². The van der Waals surface area contributed by atoms with Gasteiger partial charge in [0.1, 0.15) is 0 Å². The number of aromatic nitrogens is 2. The number of hydrogen-bond donors (Lipinski definition) is 1. The van der Waals surface area contributed by atoms with Crippen LogP contribution in [-0.2, 0) is 11.0 Å². The number of rotatable bonds is 2. The highest BCUT2D eigenvalue weighted by Crippen LogP contribution is 2.31. The van der Waals surface area contributed by atoms with Gasteiger partial charge in [-0.2, -0.15) is 13.2 Å². The third kappa shape index (κ3) is 4.01. The molecule has 0 radical (unpaired) electrons. The van der Waals surface area contributed by atoms with E-state index in [1.54, 1.807) is 24.3 Å². The molecule has 110 valence electrons. The third-order valence-electron chi connectivity index (χ3n) is 2.44. The Balaban J connectivity index is 2.54. The molecule has 0 spiro atoms. The second kappa shape index (κ2) is 5.80. The van der Waals surface area contributed by atoms with Gasteiger partial charge in [-0.25, -0.2) is 9.97 Å². The van der Waals surface area contributed by atoms with Gasteiger partial charge in [0.05, 0.1) is 5.69 Å². The van der Waals surface area contributed by atoms with Crippen LogP contribution in [0.25, 0.3) is 11.3 Å². The summed E-state index contributed by atoms with van der Waals surface area (Å²) in [6.07, 6.45) is -4.62. The van der Waals surface area contributed by atoms with E-state index in [0.717, 1.165) is 10.5 Å². The topological polar surface area (TPSA) is 54.9 Å². The van der Waals surface area contributed by atoms with Gasteiger partial charge in [-0.05, 0) is 18.2 Å². The number of benzene rings is 1. The lowest BCUT2D eigenvalue weighted by Gasteiger charge is -2.10. The van der Waals surface area contributed by atoms with Gasteiger partial charge in [0.15, 0.2) is 5.69 Å². The predicted octanol–water partition coefficient (Wildman–Crippen LogP) is 3.88. The maximum absolute atomic E-state index is 12.9. The average molecular weight is 360 g/mol. The van der Waals surface area contributed by atoms with Crippen molar-refractivity contribution in [2.45, 2.75) is 13.1 Å². The molecule has 1 aromatic carbocycles.